The number of piperazine rings is 1. The Labute approximate surface area is 110 Å². The number of nitrogens with one attached hydrogen (secondary N) is 1. The van der Waals surface area contributed by atoms with Crippen LogP contribution in [0.4, 0.5) is 0 Å². The van der Waals surface area contributed by atoms with E-state index in [1.807, 2.05) is 0 Å². The maximum absolute atomic E-state index is 5.40. The van der Waals surface area contributed by atoms with Gasteiger partial charge in [0, 0.05) is 38.3 Å². The molecule has 1 aromatic carbocycles. The van der Waals surface area contributed by atoms with Crippen molar-refractivity contribution in [2.24, 2.45) is 0 Å². The van der Waals surface area contributed by atoms with Crippen molar-refractivity contribution in [3.63, 3.8) is 0 Å². The fraction of sp³-hybridized carbons (Fsp3) is 0.538. The van der Waals surface area contributed by atoms with Crippen LogP contribution in [-0.4, -0.2) is 38.2 Å². The molecule has 1 N–H and O–H groups in total. The molecule has 0 atom stereocenters. The molecule has 0 saturated carbocycles. The molecule has 0 amide bonds. The van der Waals surface area contributed by atoms with Gasteiger partial charge in [-0.15, -0.1) is 12.4 Å². The summed E-state index contributed by atoms with van der Waals surface area (Å²) >= 11 is 0. The standard InChI is InChI=1S/C13H20N2O.ClH/c1-11-3-4-13(16-2)12(9-11)10-15-7-5-14-6-8-15;/h3-4,9,14H,5-8,10H2,1-2H3;1H. The Bertz CT molecular complexity index is 351. The molecule has 0 bridgehead atoms. The van der Waals surface area contributed by atoms with Crippen molar-refractivity contribution < 1.29 is 4.74 Å². The molecular formula is C13H21ClN2O. The van der Waals surface area contributed by atoms with Crippen molar-refractivity contribution in [2.75, 3.05) is 33.3 Å². The first-order valence-electron chi connectivity index (χ1n) is 5.86. The van der Waals surface area contributed by atoms with Crippen molar-refractivity contribution in [2.45, 2.75) is 13.5 Å². The van der Waals surface area contributed by atoms with E-state index in [9.17, 15) is 0 Å². The highest BCUT2D eigenvalue weighted by molar-refractivity contribution is 5.85. The Morgan fingerprint density at radius 1 is 1.29 bits per heavy atom. The summed E-state index contributed by atoms with van der Waals surface area (Å²) in [6.45, 7) is 7.55. The zero-order valence-corrected chi connectivity index (χ0v) is 11.3. The van der Waals surface area contributed by atoms with Gasteiger partial charge in [0.25, 0.3) is 0 Å². The second-order valence-corrected chi connectivity index (χ2v) is 4.34. The van der Waals surface area contributed by atoms with Gasteiger partial charge in [0.15, 0.2) is 0 Å². The number of methoxy groups -OCH3 is 1. The first-order valence-corrected chi connectivity index (χ1v) is 5.86. The van der Waals surface area contributed by atoms with Crippen molar-refractivity contribution in [3.05, 3.63) is 29.3 Å². The van der Waals surface area contributed by atoms with Crippen LogP contribution in [0.3, 0.4) is 0 Å². The van der Waals surface area contributed by atoms with E-state index in [0.717, 1.165) is 38.5 Å². The number of hydrogen-bond acceptors (Lipinski definition) is 3. The number of rotatable bonds is 3. The lowest BCUT2D eigenvalue weighted by Gasteiger charge is -2.27. The first kappa shape index (κ1) is 14.3. The highest BCUT2D eigenvalue weighted by Gasteiger charge is 2.12. The molecule has 96 valence electrons. The summed E-state index contributed by atoms with van der Waals surface area (Å²) in [6.07, 6.45) is 0. The van der Waals surface area contributed by atoms with Crippen LogP contribution >= 0.6 is 12.4 Å². The predicted molar refractivity (Wildman–Crippen MR) is 73.1 cm³/mol. The average molecular weight is 257 g/mol. The average Bonchev–Trinajstić information content (AvgIpc) is 2.31. The zero-order chi connectivity index (χ0) is 11.4. The minimum absolute atomic E-state index is 0. The highest BCUT2D eigenvalue weighted by Crippen LogP contribution is 2.21. The Kier molecular flexibility index (Phi) is 5.75. The monoisotopic (exact) mass is 256 g/mol. The zero-order valence-electron chi connectivity index (χ0n) is 10.5. The summed E-state index contributed by atoms with van der Waals surface area (Å²) in [5.74, 6) is 1.00. The molecule has 1 aliphatic rings. The summed E-state index contributed by atoms with van der Waals surface area (Å²) in [6, 6.07) is 6.38. The van der Waals surface area contributed by atoms with Crippen molar-refractivity contribution in [1.82, 2.24) is 10.2 Å². The van der Waals surface area contributed by atoms with Gasteiger partial charge in [-0.25, -0.2) is 0 Å². The van der Waals surface area contributed by atoms with Gasteiger partial charge in [-0.3, -0.25) is 4.90 Å². The molecule has 2 rings (SSSR count). The van der Waals surface area contributed by atoms with Gasteiger partial charge >= 0.3 is 0 Å². The van der Waals surface area contributed by atoms with Crippen LogP contribution in [0.25, 0.3) is 0 Å². The predicted octanol–water partition coefficient (Wildman–Crippen LogP) is 1.83. The molecule has 1 saturated heterocycles. The summed E-state index contributed by atoms with van der Waals surface area (Å²) in [4.78, 5) is 2.47. The van der Waals surface area contributed by atoms with E-state index in [-0.39, 0.29) is 12.4 Å². The molecule has 1 fully saturated rings. The van der Waals surface area contributed by atoms with Crippen LogP contribution < -0.4 is 10.1 Å². The summed E-state index contributed by atoms with van der Waals surface area (Å²) in [5.41, 5.74) is 2.59. The molecule has 1 aliphatic heterocycles. The second-order valence-electron chi connectivity index (χ2n) is 4.34. The van der Waals surface area contributed by atoms with Gasteiger partial charge in [-0.1, -0.05) is 17.7 Å². The lowest BCUT2D eigenvalue weighted by molar-refractivity contribution is 0.230. The minimum atomic E-state index is 0. The minimum Gasteiger partial charge on any atom is -0.496 e. The molecule has 3 nitrogen and oxygen atoms in total. The normalized spacial score (nSPS) is 16.4. The largest absolute Gasteiger partial charge is 0.496 e. The highest BCUT2D eigenvalue weighted by atomic mass is 35.5. The summed E-state index contributed by atoms with van der Waals surface area (Å²) in [5, 5.41) is 3.37. The molecule has 0 radical (unpaired) electrons. The van der Waals surface area contributed by atoms with Crippen LogP contribution in [-0.2, 0) is 6.54 Å². The van der Waals surface area contributed by atoms with E-state index >= 15 is 0 Å². The summed E-state index contributed by atoms with van der Waals surface area (Å²) in [7, 11) is 1.74. The fourth-order valence-electron chi connectivity index (χ4n) is 2.14. The van der Waals surface area contributed by atoms with Gasteiger partial charge in [-0.05, 0) is 13.0 Å². The third kappa shape index (κ3) is 3.87. The van der Waals surface area contributed by atoms with Gasteiger partial charge in [-0.2, -0.15) is 0 Å². The van der Waals surface area contributed by atoms with Gasteiger partial charge < -0.3 is 10.1 Å². The van der Waals surface area contributed by atoms with Crippen LogP contribution in [0.15, 0.2) is 18.2 Å². The third-order valence-electron chi connectivity index (χ3n) is 3.04. The molecule has 0 unspecified atom stereocenters. The molecular weight excluding hydrogens is 236 g/mol. The Hall–Kier alpha value is -0.770. The van der Waals surface area contributed by atoms with Gasteiger partial charge in [0.2, 0.25) is 0 Å². The van der Waals surface area contributed by atoms with Crippen LogP contribution in [0.2, 0.25) is 0 Å². The number of benzene rings is 1. The lowest BCUT2D eigenvalue weighted by atomic mass is 10.1. The van der Waals surface area contributed by atoms with Crippen molar-refractivity contribution in [3.8, 4) is 5.75 Å². The van der Waals surface area contributed by atoms with E-state index in [1.165, 1.54) is 11.1 Å². The van der Waals surface area contributed by atoms with E-state index in [2.05, 4.69) is 35.3 Å². The number of ether oxygens (including phenoxy) is 1. The van der Waals surface area contributed by atoms with E-state index in [4.69, 9.17) is 4.74 Å². The molecule has 0 aliphatic carbocycles. The van der Waals surface area contributed by atoms with Crippen molar-refractivity contribution >= 4 is 12.4 Å². The van der Waals surface area contributed by atoms with E-state index in [0.29, 0.717) is 0 Å². The molecule has 0 spiro atoms. The molecule has 0 aromatic heterocycles. The smallest absolute Gasteiger partial charge is 0.123 e. The van der Waals surface area contributed by atoms with E-state index < -0.39 is 0 Å². The summed E-state index contributed by atoms with van der Waals surface area (Å²) < 4.78 is 5.40. The molecule has 1 heterocycles. The fourth-order valence-corrected chi connectivity index (χ4v) is 2.14. The number of hydrogen-bond donors (Lipinski definition) is 1. The van der Waals surface area contributed by atoms with Crippen LogP contribution in [0.5, 0.6) is 5.75 Å². The van der Waals surface area contributed by atoms with E-state index in [1.54, 1.807) is 7.11 Å². The Balaban J connectivity index is 0.00000144. The Morgan fingerprint density at radius 2 is 2.00 bits per heavy atom. The number of aryl methyl sites for hydroxylation is 1. The van der Waals surface area contributed by atoms with Crippen molar-refractivity contribution in [1.29, 1.82) is 0 Å². The second kappa shape index (κ2) is 6.84. The van der Waals surface area contributed by atoms with Gasteiger partial charge in [0.05, 0.1) is 7.11 Å². The third-order valence-corrected chi connectivity index (χ3v) is 3.04. The Morgan fingerprint density at radius 3 is 2.65 bits per heavy atom. The number of nitrogens with zero attached hydrogens (tertiary/aromatic N) is 1. The van der Waals surface area contributed by atoms with Crippen LogP contribution in [0, 0.1) is 6.92 Å². The molecule has 1 aromatic rings. The van der Waals surface area contributed by atoms with Crippen LogP contribution in [0.1, 0.15) is 11.1 Å². The quantitative estimate of drug-likeness (QED) is 0.893. The molecule has 4 heteroatoms. The first-order chi connectivity index (χ1) is 7.79. The maximum Gasteiger partial charge on any atom is 0.123 e. The SMILES string of the molecule is COc1ccc(C)cc1CN1CCNCC1.Cl. The maximum atomic E-state index is 5.40. The number of halogens is 1. The molecule has 17 heavy (non-hydrogen) atoms. The topological polar surface area (TPSA) is 24.5 Å². The lowest BCUT2D eigenvalue weighted by Crippen LogP contribution is -2.42. The van der Waals surface area contributed by atoms with Gasteiger partial charge in [0.1, 0.15) is 5.75 Å².